The Hall–Kier alpha value is -2.31. The predicted molar refractivity (Wildman–Crippen MR) is 145 cm³/mol. The van der Waals surface area contributed by atoms with Crippen molar-refractivity contribution in [1.29, 1.82) is 0 Å². The van der Waals surface area contributed by atoms with E-state index in [1.807, 2.05) is 30.3 Å². The number of morpholine rings is 1. The fourth-order valence-corrected chi connectivity index (χ4v) is 7.81. The molecule has 212 valence electrons. The van der Waals surface area contributed by atoms with Gasteiger partial charge in [-0.25, -0.2) is 0 Å². The van der Waals surface area contributed by atoms with Crippen LogP contribution in [0.4, 0.5) is 0 Å². The minimum absolute atomic E-state index is 0.272. The van der Waals surface area contributed by atoms with Crippen molar-refractivity contribution in [3.8, 4) is 0 Å². The lowest BCUT2D eigenvalue weighted by Gasteiger charge is -2.40. The molecule has 4 heterocycles. The molecule has 0 saturated carbocycles. The molecule has 2 bridgehead atoms. The topological polar surface area (TPSA) is 120 Å². The number of alkyl halides is 1. The van der Waals surface area contributed by atoms with E-state index in [9.17, 15) is 24.6 Å². The number of amides is 2. The average Bonchev–Trinajstić information content (AvgIpc) is 3.54. The van der Waals surface area contributed by atoms with Crippen molar-refractivity contribution in [2.24, 2.45) is 11.8 Å². The van der Waals surface area contributed by atoms with Crippen LogP contribution in [0.15, 0.2) is 43.0 Å². The Kier molecular flexibility index (Phi) is 8.44. The lowest BCUT2D eigenvalue weighted by Crippen LogP contribution is -2.60. The largest absolute Gasteiger partial charge is 0.481 e. The van der Waals surface area contributed by atoms with Crippen molar-refractivity contribution in [3.63, 3.8) is 0 Å². The van der Waals surface area contributed by atoms with Gasteiger partial charge in [-0.1, -0.05) is 52.3 Å². The van der Waals surface area contributed by atoms with E-state index in [-0.39, 0.29) is 23.9 Å². The minimum Gasteiger partial charge on any atom is -0.481 e. The van der Waals surface area contributed by atoms with Crippen LogP contribution in [0.3, 0.4) is 0 Å². The van der Waals surface area contributed by atoms with E-state index in [0.717, 1.165) is 18.7 Å². The summed E-state index contributed by atoms with van der Waals surface area (Å²) in [5.41, 5.74) is -0.391. The normalized spacial score (nSPS) is 32.7. The number of hydrogen-bond donors (Lipinski definition) is 2. The molecule has 0 radical (unpaired) electrons. The molecule has 1 unspecified atom stereocenters. The average molecular weight is 607 g/mol. The number of aliphatic hydroxyl groups excluding tert-OH is 1. The van der Waals surface area contributed by atoms with E-state index in [4.69, 9.17) is 9.47 Å². The molecule has 4 aliphatic heterocycles. The number of carbonyl (C=O) groups is 3. The Morgan fingerprint density at radius 3 is 2.62 bits per heavy atom. The maximum absolute atomic E-state index is 14.5. The molecular weight excluding hydrogens is 570 g/mol. The third kappa shape index (κ3) is 5.04. The molecule has 1 aromatic rings. The molecule has 0 aromatic heterocycles. The summed E-state index contributed by atoms with van der Waals surface area (Å²) in [6.07, 6.45) is 1.60. The highest BCUT2D eigenvalue weighted by Gasteiger charge is 2.77. The summed E-state index contributed by atoms with van der Waals surface area (Å²) in [5.74, 6) is -3.94. The minimum atomic E-state index is -1.29. The number of aliphatic hydroxyl groups is 1. The van der Waals surface area contributed by atoms with Gasteiger partial charge in [0.1, 0.15) is 11.6 Å². The summed E-state index contributed by atoms with van der Waals surface area (Å²) >= 11 is 3.58. The van der Waals surface area contributed by atoms with Crippen LogP contribution in [-0.2, 0) is 30.3 Å². The van der Waals surface area contributed by atoms with Crippen molar-refractivity contribution in [1.82, 2.24) is 14.7 Å². The van der Waals surface area contributed by atoms with Crippen molar-refractivity contribution in [2.75, 3.05) is 52.5 Å². The quantitative estimate of drug-likeness (QED) is 0.280. The molecule has 4 fully saturated rings. The predicted octanol–water partition coefficient (Wildman–Crippen LogP) is 0.769. The summed E-state index contributed by atoms with van der Waals surface area (Å²) in [7, 11) is 0. The summed E-state index contributed by atoms with van der Waals surface area (Å²) in [6, 6.07) is 7.67. The van der Waals surface area contributed by atoms with E-state index in [1.165, 1.54) is 4.90 Å². The third-order valence-electron chi connectivity index (χ3n) is 8.62. The second-order valence-corrected chi connectivity index (χ2v) is 12.0. The first-order chi connectivity index (χ1) is 18.8. The molecule has 11 heteroatoms. The van der Waals surface area contributed by atoms with Gasteiger partial charge in [-0.2, -0.15) is 0 Å². The highest BCUT2D eigenvalue weighted by atomic mass is 79.9. The van der Waals surface area contributed by atoms with Gasteiger partial charge in [-0.15, -0.1) is 6.58 Å². The van der Waals surface area contributed by atoms with Crippen LogP contribution in [0.25, 0.3) is 0 Å². The number of fused-ring (bicyclic) bond motifs is 1. The smallest absolute Gasteiger partial charge is 0.310 e. The number of rotatable bonds is 11. The first kappa shape index (κ1) is 28.2. The van der Waals surface area contributed by atoms with E-state index in [0.29, 0.717) is 39.1 Å². The maximum Gasteiger partial charge on any atom is 0.310 e. The van der Waals surface area contributed by atoms with Gasteiger partial charge in [-0.3, -0.25) is 19.3 Å². The van der Waals surface area contributed by atoms with Crippen LogP contribution in [0, 0.1) is 11.8 Å². The van der Waals surface area contributed by atoms with E-state index in [1.54, 1.807) is 11.0 Å². The molecule has 10 nitrogen and oxygen atoms in total. The number of hydrogen-bond acceptors (Lipinski definition) is 7. The Bertz CT molecular complexity index is 1080. The third-order valence-corrected chi connectivity index (χ3v) is 9.46. The lowest BCUT2D eigenvalue weighted by atomic mass is 9.70. The molecule has 2 N–H and O–H groups in total. The Morgan fingerprint density at radius 2 is 1.97 bits per heavy atom. The zero-order valence-electron chi connectivity index (χ0n) is 21.9. The number of nitrogens with zero attached hydrogens (tertiary/aromatic N) is 3. The highest BCUT2D eigenvalue weighted by molar-refractivity contribution is 9.09. The molecule has 4 aliphatic rings. The van der Waals surface area contributed by atoms with Gasteiger partial charge in [0.05, 0.1) is 43.8 Å². The van der Waals surface area contributed by atoms with Crippen molar-refractivity contribution in [3.05, 3.63) is 48.6 Å². The van der Waals surface area contributed by atoms with Crippen molar-refractivity contribution < 1.29 is 34.1 Å². The van der Waals surface area contributed by atoms with Gasteiger partial charge in [0, 0.05) is 37.6 Å². The van der Waals surface area contributed by atoms with Crippen molar-refractivity contribution in [2.45, 2.75) is 41.5 Å². The molecule has 1 spiro atoms. The number of carboxylic acids is 1. The van der Waals surface area contributed by atoms with Crippen LogP contribution < -0.4 is 0 Å². The molecular formula is C28H36BrN3O7. The van der Waals surface area contributed by atoms with Gasteiger partial charge in [-0.05, 0) is 18.4 Å². The summed E-state index contributed by atoms with van der Waals surface area (Å²) in [4.78, 5) is 46.0. The second kappa shape index (κ2) is 11.7. The molecule has 7 atom stereocenters. The number of halogens is 1. The van der Waals surface area contributed by atoms with Gasteiger partial charge < -0.3 is 29.5 Å². The summed E-state index contributed by atoms with van der Waals surface area (Å²) < 4.78 is 11.8. The van der Waals surface area contributed by atoms with Gasteiger partial charge in [0.15, 0.2) is 0 Å². The van der Waals surface area contributed by atoms with E-state index < -0.39 is 47.5 Å². The Labute approximate surface area is 236 Å². The molecule has 39 heavy (non-hydrogen) atoms. The maximum atomic E-state index is 14.5. The molecule has 2 amide bonds. The van der Waals surface area contributed by atoms with E-state index in [2.05, 4.69) is 27.4 Å². The van der Waals surface area contributed by atoms with Crippen LogP contribution in [0.5, 0.6) is 0 Å². The zero-order valence-corrected chi connectivity index (χ0v) is 23.4. The highest BCUT2D eigenvalue weighted by Crippen LogP contribution is 2.60. The number of aliphatic carboxylic acids is 1. The van der Waals surface area contributed by atoms with Crippen LogP contribution in [0.2, 0.25) is 0 Å². The first-order valence-electron chi connectivity index (χ1n) is 13.5. The van der Waals surface area contributed by atoms with Crippen LogP contribution >= 0.6 is 15.9 Å². The summed E-state index contributed by atoms with van der Waals surface area (Å²) in [6.45, 7) is 7.61. The Morgan fingerprint density at radius 1 is 1.26 bits per heavy atom. The standard InChI is InChI=1S/C28H36BrN3O7/c1-2-8-31(10-9-30-11-13-38-14-12-30)26(35)24-28-16-20(29)23(39-28)21(27(36)37)22(28)25(34)32(24)19(17-33)15-18-6-4-3-5-7-18/h2-7,19-24,33H,1,8-17H2,(H,36,37)/t19-,20?,21+,22-,23+,24+,28-/m1/s1. The fourth-order valence-electron chi connectivity index (χ4n) is 6.87. The summed E-state index contributed by atoms with van der Waals surface area (Å²) in [5, 5.41) is 20.7. The first-order valence-corrected chi connectivity index (χ1v) is 14.5. The molecule has 1 aromatic carbocycles. The van der Waals surface area contributed by atoms with Crippen LogP contribution in [0.1, 0.15) is 12.0 Å². The molecule has 0 aliphatic carbocycles. The second-order valence-electron chi connectivity index (χ2n) is 10.8. The number of likely N-dealkylation sites (tertiary alicyclic amines) is 1. The number of benzene rings is 1. The Balaban J connectivity index is 1.51. The van der Waals surface area contributed by atoms with E-state index >= 15 is 0 Å². The number of carboxylic acid groups (broad SMARTS) is 1. The lowest BCUT2D eigenvalue weighted by molar-refractivity contribution is -0.153. The monoisotopic (exact) mass is 605 g/mol. The van der Waals surface area contributed by atoms with Crippen LogP contribution in [-0.4, -0.2) is 124 Å². The SMILES string of the molecule is C=CCN(CCN1CCOCC1)C(=O)[C@@H]1N([C@@H](CO)Cc2ccccc2)C(=O)[C@H]2[C@H](C(=O)O)[C@H]3O[C@@]12CC3Br. The number of carbonyl (C=O) groups excluding carboxylic acids is 2. The molecule has 4 saturated heterocycles. The number of ether oxygens (including phenoxy) is 2. The fraction of sp³-hybridized carbons (Fsp3) is 0.607. The zero-order chi connectivity index (χ0) is 27.7. The van der Waals surface area contributed by atoms with Crippen molar-refractivity contribution >= 4 is 33.7 Å². The molecule has 5 rings (SSSR count). The van der Waals surface area contributed by atoms with Gasteiger partial charge in [0.2, 0.25) is 11.8 Å². The van der Waals surface area contributed by atoms with Gasteiger partial charge in [0.25, 0.3) is 0 Å². The van der Waals surface area contributed by atoms with Gasteiger partial charge >= 0.3 is 5.97 Å².